The van der Waals surface area contributed by atoms with Crippen molar-refractivity contribution in [1.29, 1.82) is 0 Å². The van der Waals surface area contributed by atoms with Gasteiger partial charge < -0.3 is 9.47 Å². The summed E-state index contributed by atoms with van der Waals surface area (Å²) in [6.45, 7) is 7.29. The van der Waals surface area contributed by atoms with Gasteiger partial charge >= 0.3 is 0 Å². The highest BCUT2D eigenvalue weighted by atomic mass is 31.1. The van der Waals surface area contributed by atoms with Crippen LogP contribution in [0.5, 0.6) is 5.75 Å². The SMILES string of the molecule is C/N=C/c1ccccc1Pc1cccc([Si](C)(C)C)c1OCOC. The number of methoxy groups -OCH3 is 1. The Kier molecular flexibility index (Phi) is 6.73. The van der Waals surface area contributed by atoms with Gasteiger partial charge in [-0.15, -0.1) is 0 Å². The van der Waals surface area contributed by atoms with Crippen molar-refractivity contribution in [2.75, 3.05) is 21.0 Å². The van der Waals surface area contributed by atoms with Crippen LogP contribution in [0.3, 0.4) is 0 Å². The molecular formula is C19H26NO2PSi. The third kappa shape index (κ3) is 4.76. The Labute approximate surface area is 147 Å². The maximum absolute atomic E-state index is 6.00. The van der Waals surface area contributed by atoms with Gasteiger partial charge in [0, 0.05) is 25.7 Å². The summed E-state index contributed by atoms with van der Waals surface area (Å²) >= 11 is 0. The number of para-hydroxylation sites is 1. The highest BCUT2D eigenvalue weighted by Crippen LogP contribution is 2.22. The Morgan fingerprint density at radius 1 is 1.04 bits per heavy atom. The molecule has 0 aliphatic heterocycles. The topological polar surface area (TPSA) is 30.8 Å². The van der Waals surface area contributed by atoms with Crippen molar-refractivity contribution in [1.82, 2.24) is 0 Å². The van der Waals surface area contributed by atoms with Crippen molar-refractivity contribution >= 4 is 38.7 Å². The zero-order chi connectivity index (χ0) is 17.6. The Bertz CT molecular complexity index is 711. The first-order valence-electron chi connectivity index (χ1n) is 8.01. The molecule has 1 unspecified atom stereocenters. The standard InChI is InChI=1S/C19H26NO2PSi/c1-20-13-15-9-6-7-10-16(15)23-17-11-8-12-18(24(3,4)5)19(17)22-14-21-2/h6-13,23H,14H2,1-5H3/b20-13+. The fourth-order valence-corrected chi connectivity index (χ4v) is 5.38. The summed E-state index contributed by atoms with van der Waals surface area (Å²) in [6.07, 6.45) is 1.92. The lowest BCUT2D eigenvalue weighted by Crippen LogP contribution is -2.40. The molecule has 24 heavy (non-hydrogen) atoms. The van der Waals surface area contributed by atoms with Gasteiger partial charge in [0.15, 0.2) is 6.79 Å². The van der Waals surface area contributed by atoms with Gasteiger partial charge in [0.1, 0.15) is 5.75 Å². The summed E-state index contributed by atoms with van der Waals surface area (Å²) in [5.41, 5.74) is 1.16. The molecule has 0 radical (unpaired) electrons. The molecule has 0 heterocycles. The molecule has 1 atom stereocenters. The predicted octanol–water partition coefficient (Wildman–Crippen LogP) is 2.89. The van der Waals surface area contributed by atoms with Gasteiger partial charge in [-0.05, 0) is 16.1 Å². The second-order valence-electron chi connectivity index (χ2n) is 6.58. The van der Waals surface area contributed by atoms with Crippen molar-refractivity contribution in [2.45, 2.75) is 19.6 Å². The van der Waals surface area contributed by atoms with Crippen LogP contribution in [0.4, 0.5) is 0 Å². The van der Waals surface area contributed by atoms with Crippen LogP contribution in [0.25, 0.3) is 0 Å². The van der Waals surface area contributed by atoms with Gasteiger partial charge in [-0.1, -0.05) is 70.7 Å². The van der Waals surface area contributed by atoms with Gasteiger partial charge in [-0.3, -0.25) is 4.99 Å². The highest BCUT2D eigenvalue weighted by Gasteiger charge is 2.23. The average Bonchev–Trinajstić information content (AvgIpc) is 2.54. The van der Waals surface area contributed by atoms with E-state index < -0.39 is 8.07 Å². The number of ether oxygens (including phenoxy) is 2. The molecule has 0 spiro atoms. The fourth-order valence-electron chi connectivity index (χ4n) is 2.51. The van der Waals surface area contributed by atoms with Gasteiger partial charge in [0.05, 0.1) is 8.07 Å². The molecule has 0 saturated carbocycles. The molecule has 0 saturated heterocycles. The van der Waals surface area contributed by atoms with E-state index in [1.54, 1.807) is 14.2 Å². The van der Waals surface area contributed by atoms with E-state index in [-0.39, 0.29) is 6.79 Å². The minimum Gasteiger partial charge on any atom is -0.467 e. The van der Waals surface area contributed by atoms with Crippen molar-refractivity contribution in [3.05, 3.63) is 48.0 Å². The van der Waals surface area contributed by atoms with Gasteiger partial charge in [-0.2, -0.15) is 0 Å². The lowest BCUT2D eigenvalue weighted by molar-refractivity contribution is 0.0526. The van der Waals surface area contributed by atoms with Crippen LogP contribution in [0.2, 0.25) is 19.6 Å². The summed E-state index contributed by atoms with van der Waals surface area (Å²) in [7, 11) is 2.48. The molecule has 0 aromatic heterocycles. The Morgan fingerprint density at radius 3 is 2.42 bits per heavy atom. The third-order valence-electron chi connectivity index (χ3n) is 3.64. The number of benzene rings is 2. The molecule has 0 bridgehead atoms. The van der Waals surface area contributed by atoms with E-state index in [9.17, 15) is 0 Å². The van der Waals surface area contributed by atoms with Crippen LogP contribution in [0.15, 0.2) is 47.5 Å². The average molecular weight is 359 g/mol. The number of nitrogens with zero attached hydrogens (tertiary/aromatic N) is 1. The molecular weight excluding hydrogens is 333 g/mol. The van der Waals surface area contributed by atoms with Gasteiger partial charge in [0.25, 0.3) is 0 Å². The van der Waals surface area contributed by atoms with Crippen molar-refractivity contribution in [3.8, 4) is 5.75 Å². The molecule has 3 nitrogen and oxygen atoms in total. The van der Waals surface area contributed by atoms with Gasteiger partial charge in [0.2, 0.25) is 0 Å². The molecule has 0 aliphatic carbocycles. The molecule has 0 fully saturated rings. The summed E-state index contributed by atoms with van der Waals surface area (Å²) < 4.78 is 11.2. The van der Waals surface area contributed by atoms with Crippen LogP contribution in [0, 0.1) is 0 Å². The second-order valence-corrected chi connectivity index (χ2v) is 12.9. The normalized spacial score (nSPS) is 12.4. The van der Waals surface area contributed by atoms with E-state index >= 15 is 0 Å². The third-order valence-corrected chi connectivity index (χ3v) is 7.04. The van der Waals surface area contributed by atoms with Gasteiger partial charge in [-0.25, -0.2) is 0 Å². The smallest absolute Gasteiger partial charge is 0.188 e. The Balaban J connectivity index is 2.47. The van der Waals surface area contributed by atoms with E-state index in [0.29, 0.717) is 8.58 Å². The largest absolute Gasteiger partial charge is 0.467 e. The molecule has 2 aromatic carbocycles. The first-order valence-corrected chi connectivity index (χ1v) is 12.5. The minimum atomic E-state index is -1.51. The highest BCUT2D eigenvalue weighted by molar-refractivity contribution is 7.56. The second kappa shape index (κ2) is 8.57. The number of hydrogen-bond acceptors (Lipinski definition) is 3. The van der Waals surface area contributed by atoms with E-state index in [2.05, 4.69) is 61.0 Å². The molecule has 0 amide bonds. The van der Waals surface area contributed by atoms with Crippen LogP contribution in [-0.2, 0) is 4.74 Å². The van der Waals surface area contributed by atoms with Crippen LogP contribution in [0.1, 0.15) is 5.56 Å². The van der Waals surface area contributed by atoms with Crippen LogP contribution >= 0.6 is 8.58 Å². The Morgan fingerprint density at radius 2 is 1.75 bits per heavy atom. The molecule has 128 valence electrons. The van der Waals surface area contributed by atoms with E-state index in [0.717, 1.165) is 11.3 Å². The van der Waals surface area contributed by atoms with Crippen molar-refractivity contribution in [2.24, 2.45) is 4.99 Å². The lowest BCUT2D eigenvalue weighted by Gasteiger charge is -2.23. The molecule has 0 aliphatic rings. The monoisotopic (exact) mass is 359 g/mol. The maximum atomic E-state index is 6.00. The Hall–Kier alpha value is -1.48. The maximum Gasteiger partial charge on any atom is 0.188 e. The minimum absolute atomic E-state index is 0.275. The summed E-state index contributed by atoms with van der Waals surface area (Å²) in [5.74, 6) is 1.00. The van der Waals surface area contributed by atoms with E-state index in [4.69, 9.17) is 9.47 Å². The molecule has 0 N–H and O–H groups in total. The first-order chi connectivity index (χ1) is 11.5. The molecule has 5 heteroatoms. The van der Waals surface area contributed by atoms with Crippen molar-refractivity contribution < 1.29 is 9.47 Å². The predicted molar refractivity (Wildman–Crippen MR) is 109 cm³/mol. The van der Waals surface area contributed by atoms with Crippen LogP contribution < -0.4 is 20.5 Å². The molecule has 2 rings (SSSR count). The summed E-state index contributed by atoms with van der Waals surface area (Å²) in [4.78, 5) is 4.17. The summed E-state index contributed by atoms with van der Waals surface area (Å²) in [6, 6.07) is 14.9. The number of rotatable bonds is 7. The van der Waals surface area contributed by atoms with E-state index in [1.165, 1.54) is 15.8 Å². The van der Waals surface area contributed by atoms with Crippen LogP contribution in [-0.4, -0.2) is 35.2 Å². The molecule has 2 aromatic rings. The van der Waals surface area contributed by atoms with E-state index in [1.807, 2.05) is 12.3 Å². The summed E-state index contributed by atoms with van der Waals surface area (Å²) in [5, 5.41) is 3.84. The van der Waals surface area contributed by atoms with Crippen molar-refractivity contribution in [3.63, 3.8) is 0 Å². The first kappa shape index (κ1) is 18.8. The number of aliphatic imine (C=N–C) groups is 1. The zero-order valence-corrected chi connectivity index (χ0v) is 17.1. The number of hydrogen-bond donors (Lipinski definition) is 0. The zero-order valence-electron chi connectivity index (χ0n) is 15.1. The lowest BCUT2D eigenvalue weighted by atomic mass is 10.2. The quantitative estimate of drug-likeness (QED) is 0.329. The fraction of sp³-hybridized carbons (Fsp3) is 0.316.